The third kappa shape index (κ3) is 3.68. The van der Waals surface area contributed by atoms with Gasteiger partial charge in [0.15, 0.2) is 0 Å². The number of rotatable bonds is 5. The van der Waals surface area contributed by atoms with Crippen LogP contribution >= 0.6 is 0 Å². The fourth-order valence-corrected chi connectivity index (χ4v) is 7.84. The van der Waals surface area contributed by atoms with E-state index in [1.165, 1.54) is 43.3 Å². The quantitative estimate of drug-likeness (QED) is 0.538. The molecule has 7 atom stereocenters. The molecule has 0 aromatic carbocycles. The highest BCUT2D eigenvalue weighted by molar-refractivity contribution is 5.86. The average molecular weight is 399 g/mol. The predicted octanol–water partition coefficient (Wildman–Crippen LogP) is 6.49. The van der Waals surface area contributed by atoms with Crippen molar-refractivity contribution in [2.75, 3.05) is 0 Å². The second kappa shape index (κ2) is 7.98. The van der Waals surface area contributed by atoms with Crippen LogP contribution in [0.15, 0.2) is 23.3 Å². The molecule has 4 rings (SSSR count). The fourth-order valence-electron chi connectivity index (χ4n) is 7.84. The maximum atomic E-state index is 13.3. The Balaban J connectivity index is 1.51. The van der Waals surface area contributed by atoms with Crippen molar-refractivity contribution >= 4 is 5.78 Å². The van der Waals surface area contributed by atoms with E-state index in [1.807, 2.05) is 0 Å². The summed E-state index contributed by atoms with van der Waals surface area (Å²) >= 11 is 0. The third-order valence-electron chi connectivity index (χ3n) is 9.66. The molecule has 4 aliphatic carbocycles. The van der Waals surface area contributed by atoms with Crippen LogP contribution in [0.4, 0.5) is 0 Å². The van der Waals surface area contributed by atoms with Crippen LogP contribution in [0.2, 0.25) is 0 Å². The molecule has 2 nitrogen and oxygen atoms in total. The van der Waals surface area contributed by atoms with Gasteiger partial charge in [-0.1, -0.05) is 51.0 Å². The van der Waals surface area contributed by atoms with E-state index in [1.54, 1.807) is 5.57 Å². The molecule has 0 saturated heterocycles. The number of ketones is 1. The van der Waals surface area contributed by atoms with E-state index in [2.05, 4.69) is 34.3 Å². The zero-order valence-corrected chi connectivity index (χ0v) is 19.2. The Hall–Kier alpha value is -0.890. The number of Topliss-reactive ketones (excluding diaryl/α,β-unsaturated/α-hetero) is 1. The Bertz CT molecular complexity index is 701. The first kappa shape index (κ1) is 21.3. The van der Waals surface area contributed by atoms with Crippen molar-refractivity contribution < 1.29 is 9.90 Å². The summed E-state index contributed by atoms with van der Waals surface area (Å²) < 4.78 is 0. The van der Waals surface area contributed by atoms with Gasteiger partial charge >= 0.3 is 0 Å². The van der Waals surface area contributed by atoms with E-state index >= 15 is 0 Å². The van der Waals surface area contributed by atoms with E-state index in [-0.39, 0.29) is 12.0 Å². The van der Waals surface area contributed by atoms with Gasteiger partial charge in [-0.15, -0.1) is 0 Å². The SMILES string of the molecule is C=C(CCC(C)C1CCC2C3C(=O)CC4=C(CCC(O)C4)C3CCC12C)C(C)C. The summed E-state index contributed by atoms with van der Waals surface area (Å²) in [5, 5.41) is 10.1. The van der Waals surface area contributed by atoms with Gasteiger partial charge in [0.1, 0.15) is 5.78 Å². The van der Waals surface area contributed by atoms with Gasteiger partial charge in [-0.2, -0.15) is 0 Å². The Morgan fingerprint density at radius 1 is 1.21 bits per heavy atom. The monoisotopic (exact) mass is 398 g/mol. The summed E-state index contributed by atoms with van der Waals surface area (Å²) in [6.07, 6.45) is 10.5. The van der Waals surface area contributed by atoms with Crippen LogP contribution in [-0.4, -0.2) is 17.0 Å². The maximum Gasteiger partial charge on any atom is 0.140 e. The molecule has 2 fully saturated rings. The number of aliphatic hydroxyl groups excluding tert-OH is 1. The predicted molar refractivity (Wildman–Crippen MR) is 119 cm³/mol. The van der Waals surface area contributed by atoms with Crippen LogP contribution in [0, 0.1) is 40.9 Å². The maximum absolute atomic E-state index is 13.3. The van der Waals surface area contributed by atoms with Crippen LogP contribution in [0.25, 0.3) is 0 Å². The molecule has 0 aliphatic heterocycles. The van der Waals surface area contributed by atoms with Crippen LogP contribution < -0.4 is 0 Å². The van der Waals surface area contributed by atoms with Crippen LogP contribution in [0.5, 0.6) is 0 Å². The molecule has 2 saturated carbocycles. The number of hydrogen-bond acceptors (Lipinski definition) is 2. The van der Waals surface area contributed by atoms with Crippen LogP contribution in [0.3, 0.4) is 0 Å². The smallest absolute Gasteiger partial charge is 0.140 e. The molecule has 0 amide bonds. The molecule has 0 bridgehead atoms. The Labute approximate surface area is 178 Å². The van der Waals surface area contributed by atoms with Crippen LogP contribution in [0.1, 0.15) is 91.9 Å². The topological polar surface area (TPSA) is 37.3 Å². The van der Waals surface area contributed by atoms with Crippen molar-refractivity contribution in [2.45, 2.75) is 98.0 Å². The second-order valence-electron chi connectivity index (χ2n) is 11.5. The molecule has 0 heterocycles. The van der Waals surface area contributed by atoms with E-state index in [4.69, 9.17) is 0 Å². The van der Waals surface area contributed by atoms with Gasteiger partial charge in [-0.3, -0.25) is 4.79 Å². The summed E-state index contributed by atoms with van der Waals surface area (Å²) in [6.45, 7) is 13.8. The van der Waals surface area contributed by atoms with E-state index in [0.717, 1.165) is 37.5 Å². The fraction of sp³-hybridized carbons (Fsp3) is 0.815. The first-order valence-electron chi connectivity index (χ1n) is 12.3. The van der Waals surface area contributed by atoms with Crippen molar-refractivity contribution in [2.24, 2.45) is 40.9 Å². The highest BCUT2D eigenvalue weighted by Crippen LogP contribution is 2.64. The molecule has 1 N–H and O–H groups in total. The molecule has 0 radical (unpaired) electrons. The molecule has 29 heavy (non-hydrogen) atoms. The molecule has 0 aromatic heterocycles. The van der Waals surface area contributed by atoms with E-state index < -0.39 is 0 Å². The Morgan fingerprint density at radius 2 is 1.97 bits per heavy atom. The number of aliphatic hydroxyl groups is 1. The first-order valence-corrected chi connectivity index (χ1v) is 12.3. The third-order valence-corrected chi connectivity index (χ3v) is 9.66. The summed E-state index contributed by atoms with van der Waals surface area (Å²) in [5.74, 6) is 3.90. The normalized spacial score (nSPS) is 40.5. The largest absolute Gasteiger partial charge is 0.393 e. The number of carbonyl (C=O) groups excluding carboxylic acids is 1. The molecular weight excluding hydrogens is 356 g/mol. The van der Waals surface area contributed by atoms with Gasteiger partial charge in [-0.05, 0) is 92.8 Å². The van der Waals surface area contributed by atoms with Gasteiger partial charge in [-0.25, -0.2) is 0 Å². The van der Waals surface area contributed by atoms with Gasteiger partial charge < -0.3 is 5.11 Å². The molecule has 2 heteroatoms. The molecule has 4 aliphatic rings. The standard InChI is InChI=1S/C27H42O2/c1-16(2)17(3)6-7-18(4)23-10-11-24-26-22(12-13-27(23,24)5)21-9-8-20(28)14-19(21)15-25(26)29/h16,18,20,22-24,26,28H,3,6-15H2,1-2,4-5H3. The zero-order chi connectivity index (χ0) is 20.9. The van der Waals surface area contributed by atoms with Crippen LogP contribution in [-0.2, 0) is 4.79 Å². The van der Waals surface area contributed by atoms with Crippen molar-refractivity contribution in [1.29, 1.82) is 0 Å². The minimum absolute atomic E-state index is 0.218. The summed E-state index contributed by atoms with van der Waals surface area (Å²) in [5.41, 5.74) is 4.63. The Kier molecular flexibility index (Phi) is 5.88. The zero-order valence-electron chi connectivity index (χ0n) is 19.2. The van der Waals surface area contributed by atoms with Crippen molar-refractivity contribution in [3.63, 3.8) is 0 Å². The highest BCUT2D eigenvalue weighted by atomic mass is 16.3. The summed E-state index contributed by atoms with van der Waals surface area (Å²) in [4.78, 5) is 13.3. The minimum Gasteiger partial charge on any atom is -0.393 e. The Morgan fingerprint density at radius 3 is 2.69 bits per heavy atom. The molecule has 162 valence electrons. The number of fused-ring (bicyclic) bond motifs is 4. The van der Waals surface area contributed by atoms with Gasteiger partial charge in [0.05, 0.1) is 6.10 Å². The number of allylic oxidation sites excluding steroid dienone is 2. The van der Waals surface area contributed by atoms with Crippen molar-refractivity contribution in [3.05, 3.63) is 23.3 Å². The molecular formula is C27H42O2. The van der Waals surface area contributed by atoms with E-state index in [9.17, 15) is 9.90 Å². The lowest BCUT2D eigenvalue weighted by Gasteiger charge is -2.52. The lowest BCUT2D eigenvalue weighted by molar-refractivity contribution is -0.132. The summed E-state index contributed by atoms with van der Waals surface area (Å²) in [7, 11) is 0. The van der Waals surface area contributed by atoms with Crippen molar-refractivity contribution in [3.8, 4) is 0 Å². The molecule has 0 aromatic rings. The lowest BCUT2D eigenvalue weighted by atomic mass is 9.52. The summed E-state index contributed by atoms with van der Waals surface area (Å²) in [6, 6.07) is 0. The molecule has 7 unspecified atom stereocenters. The molecule has 0 spiro atoms. The van der Waals surface area contributed by atoms with Gasteiger partial charge in [0.2, 0.25) is 0 Å². The second-order valence-corrected chi connectivity index (χ2v) is 11.5. The van der Waals surface area contributed by atoms with E-state index in [0.29, 0.717) is 35.4 Å². The minimum atomic E-state index is -0.218. The lowest BCUT2D eigenvalue weighted by Crippen LogP contribution is -2.48. The number of hydrogen-bond donors (Lipinski definition) is 1. The first-order chi connectivity index (χ1) is 13.7. The average Bonchev–Trinajstić information content (AvgIpc) is 3.02. The van der Waals surface area contributed by atoms with Crippen molar-refractivity contribution in [1.82, 2.24) is 0 Å². The van der Waals surface area contributed by atoms with Gasteiger partial charge in [0, 0.05) is 12.3 Å². The number of carbonyl (C=O) groups is 1. The van der Waals surface area contributed by atoms with Gasteiger partial charge in [0.25, 0.3) is 0 Å². The highest BCUT2D eigenvalue weighted by Gasteiger charge is 2.58.